The number of aromatic nitrogens is 3. The molecule has 1 aliphatic rings. The smallest absolute Gasteiger partial charge is 0.123 e. The van der Waals surface area contributed by atoms with Crippen LogP contribution in [0.5, 0.6) is 0 Å². The van der Waals surface area contributed by atoms with Gasteiger partial charge in [0, 0.05) is 41.3 Å². The molecule has 1 fully saturated rings. The molecule has 138 valence electrons. The molecule has 0 bridgehead atoms. The summed E-state index contributed by atoms with van der Waals surface area (Å²) in [5, 5.41) is 15.8. The summed E-state index contributed by atoms with van der Waals surface area (Å²) < 4.78 is 21.5. The molecule has 4 aromatic rings. The summed E-state index contributed by atoms with van der Waals surface area (Å²) in [7, 11) is 0. The van der Waals surface area contributed by atoms with Gasteiger partial charge < -0.3 is 14.5 Å². The van der Waals surface area contributed by atoms with Gasteiger partial charge >= 0.3 is 0 Å². The zero-order valence-electron chi connectivity index (χ0n) is 15.0. The summed E-state index contributed by atoms with van der Waals surface area (Å²) in [6.07, 6.45) is 3.57. The molecule has 5 rings (SSSR count). The highest BCUT2D eigenvalue weighted by atomic mass is 19.1. The molecule has 0 aliphatic carbocycles. The highest BCUT2D eigenvalue weighted by molar-refractivity contribution is 5.96. The fraction of sp³-hybridized carbons (Fsp3) is 0.286. The molecule has 27 heavy (non-hydrogen) atoms. The zero-order chi connectivity index (χ0) is 18.5. The summed E-state index contributed by atoms with van der Waals surface area (Å²) in [5.41, 5.74) is 4.77. The Labute approximate surface area is 155 Å². The van der Waals surface area contributed by atoms with Crippen molar-refractivity contribution in [1.82, 2.24) is 14.5 Å². The topological polar surface area (TPSA) is 52.2 Å². The number of hydrogen-bond donors (Lipinski definition) is 1. The molecule has 3 heterocycles. The number of fused-ring (bicyclic) bond motifs is 2. The van der Waals surface area contributed by atoms with Crippen LogP contribution in [0, 0.1) is 12.7 Å². The SMILES string of the molecule is Cc1cc(F)ccc1-n1c(C2CCOCC2)cc2cc3c(cnn3O)cc21. The Hall–Kier alpha value is -2.86. The number of nitrogens with zero attached hydrogens (tertiary/aromatic N) is 3. The second-order valence-electron chi connectivity index (χ2n) is 7.23. The fourth-order valence-electron chi connectivity index (χ4n) is 4.17. The molecule has 6 heteroatoms. The third-order valence-corrected chi connectivity index (χ3v) is 5.54. The van der Waals surface area contributed by atoms with Gasteiger partial charge in [-0.05, 0) is 61.7 Å². The van der Waals surface area contributed by atoms with Crippen molar-refractivity contribution < 1.29 is 14.3 Å². The van der Waals surface area contributed by atoms with Gasteiger partial charge in [-0.25, -0.2) is 4.39 Å². The van der Waals surface area contributed by atoms with Crippen molar-refractivity contribution in [2.45, 2.75) is 25.7 Å². The summed E-state index contributed by atoms with van der Waals surface area (Å²) in [4.78, 5) is 0.906. The monoisotopic (exact) mass is 365 g/mol. The van der Waals surface area contributed by atoms with Gasteiger partial charge in [-0.1, -0.05) is 0 Å². The minimum atomic E-state index is -0.232. The van der Waals surface area contributed by atoms with E-state index in [1.165, 1.54) is 11.8 Å². The Kier molecular flexibility index (Phi) is 3.68. The van der Waals surface area contributed by atoms with E-state index in [4.69, 9.17) is 4.74 Å². The number of benzene rings is 2. The van der Waals surface area contributed by atoms with Crippen molar-refractivity contribution in [1.29, 1.82) is 0 Å². The molecule has 0 radical (unpaired) electrons. The molecule has 5 nitrogen and oxygen atoms in total. The van der Waals surface area contributed by atoms with Crippen LogP contribution in [-0.2, 0) is 4.74 Å². The van der Waals surface area contributed by atoms with Crippen molar-refractivity contribution in [3.8, 4) is 5.69 Å². The number of hydrogen-bond acceptors (Lipinski definition) is 3. The summed E-state index contributed by atoms with van der Waals surface area (Å²) in [6, 6.07) is 11.1. The van der Waals surface area contributed by atoms with Gasteiger partial charge in [0.25, 0.3) is 0 Å². The normalized spacial score (nSPS) is 15.8. The Morgan fingerprint density at radius 1 is 1.07 bits per heavy atom. The average molecular weight is 365 g/mol. The predicted molar refractivity (Wildman–Crippen MR) is 101 cm³/mol. The fourth-order valence-corrected chi connectivity index (χ4v) is 4.17. The lowest BCUT2D eigenvalue weighted by atomic mass is 9.96. The largest absolute Gasteiger partial charge is 0.411 e. The van der Waals surface area contributed by atoms with E-state index < -0.39 is 0 Å². The number of ether oxygens (including phenoxy) is 1. The van der Waals surface area contributed by atoms with Crippen LogP contribution in [0.1, 0.15) is 30.0 Å². The highest BCUT2D eigenvalue weighted by Crippen LogP contribution is 2.36. The van der Waals surface area contributed by atoms with E-state index in [0.29, 0.717) is 11.4 Å². The Morgan fingerprint density at radius 3 is 2.63 bits per heavy atom. The van der Waals surface area contributed by atoms with Gasteiger partial charge in [0.2, 0.25) is 0 Å². The summed E-state index contributed by atoms with van der Waals surface area (Å²) in [5.74, 6) is 0.147. The van der Waals surface area contributed by atoms with E-state index in [2.05, 4.69) is 15.7 Å². The van der Waals surface area contributed by atoms with Crippen LogP contribution in [0.15, 0.2) is 42.6 Å². The number of halogens is 1. The van der Waals surface area contributed by atoms with Crippen LogP contribution in [0.25, 0.3) is 27.5 Å². The minimum Gasteiger partial charge on any atom is -0.411 e. The minimum absolute atomic E-state index is 0.232. The zero-order valence-corrected chi connectivity index (χ0v) is 15.0. The maximum absolute atomic E-state index is 13.7. The van der Waals surface area contributed by atoms with E-state index in [9.17, 15) is 9.60 Å². The third kappa shape index (κ3) is 2.59. The van der Waals surface area contributed by atoms with Crippen molar-refractivity contribution in [2.24, 2.45) is 0 Å². The van der Waals surface area contributed by atoms with Gasteiger partial charge in [0.1, 0.15) is 11.3 Å². The second kappa shape index (κ2) is 6.09. The standard InChI is InChI=1S/C21H20FN3O2/c1-13-8-17(22)2-3-18(13)24-19(14-4-6-27-7-5-14)9-15-10-21-16(11-20(15)24)12-23-25(21)26/h2-3,8-12,14,26H,4-7H2,1H3. The molecule has 0 atom stereocenters. The van der Waals surface area contributed by atoms with Gasteiger partial charge in [-0.15, -0.1) is 9.94 Å². The second-order valence-corrected chi connectivity index (χ2v) is 7.23. The molecule has 1 N–H and O–H groups in total. The third-order valence-electron chi connectivity index (χ3n) is 5.54. The molecule has 0 spiro atoms. The lowest BCUT2D eigenvalue weighted by molar-refractivity contribution is 0.0842. The first-order chi connectivity index (χ1) is 13.1. The Bertz CT molecular complexity index is 1160. The van der Waals surface area contributed by atoms with Gasteiger partial charge in [-0.2, -0.15) is 0 Å². The maximum Gasteiger partial charge on any atom is 0.123 e. The molecule has 2 aromatic carbocycles. The van der Waals surface area contributed by atoms with Gasteiger partial charge in [-0.3, -0.25) is 0 Å². The van der Waals surface area contributed by atoms with Crippen LogP contribution in [0.3, 0.4) is 0 Å². The molecule has 0 saturated carbocycles. The van der Waals surface area contributed by atoms with Crippen LogP contribution < -0.4 is 0 Å². The number of rotatable bonds is 2. The predicted octanol–water partition coefficient (Wildman–Crippen LogP) is 4.56. The van der Waals surface area contributed by atoms with Crippen LogP contribution in [-0.4, -0.2) is 32.9 Å². The molecule has 1 saturated heterocycles. The molecular formula is C21H20FN3O2. The van der Waals surface area contributed by atoms with E-state index in [-0.39, 0.29) is 5.82 Å². The first-order valence-electron chi connectivity index (χ1n) is 9.18. The van der Waals surface area contributed by atoms with E-state index in [1.807, 2.05) is 25.1 Å². The lowest BCUT2D eigenvalue weighted by Crippen LogP contribution is -2.17. The number of aryl methyl sites for hydroxylation is 1. The molecular weight excluding hydrogens is 345 g/mol. The lowest BCUT2D eigenvalue weighted by Gasteiger charge is -2.24. The average Bonchev–Trinajstić information content (AvgIpc) is 3.22. The summed E-state index contributed by atoms with van der Waals surface area (Å²) in [6.45, 7) is 3.44. The Morgan fingerprint density at radius 2 is 1.85 bits per heavy atom. The molecule has 0 unspecified atom stereocenters. The quantitative estimate of drug-likeness (QED) is 0.530. The Balaban J connectivity index is 1.81. The van der Waals surface area contributed by atoms with E-state index >= 15 is 0 Å². The van der Waals surface area contributed by atoms with Crippen molar-refractivity contribution in [3.63, 3.8) is 0 Å². The maximum atomic E-state index is 13.7. The van der Waals surface area contributed by atoms with Gasteiger partial charge in [0.15, 0.2) is 0 Å². The van der Waals surface area contributed by atoms with Crippen LogP contribution in [0.2, 0.25) is 0 Å². The molecule has 2 aromatic heterocycles. The van der Waals surface area contributed by atoms with Crippen molar-refractivity contribution in [2.75, 3.05) is 13.2 Å². The van der Waals surface area contributed by atoms with E-state index in [0.717, 1.165) is 58.4 Å². The highest BCUT2D eigenvalue weighted by Gasteiger charge is 2.23. The van der Waals surface area contributed by atoms with Gasteiger partial charge in [0.05, 0.1) is 11.7 Å². The molecule has 1 aliphatic heterocycles. The molecule has 0 amide bonds. The first kappa shape index (κ1) is 16.3. The first-order valence-corrected chi connectivity index (χ1v) is 9.18. The van der Waals surface area contributed by atoms with E-state index in [1.54, 1.807) is 12.3 Å². The van der Waals surface area contributed by atoms with Crippen molar-refractivity contribution in [3.05, 3.63) is 59.7 Å². The summed E-state index contributed by atoms with van der Waals surface area (Å²) >= 11 is 0. The van der Waals surface area contributed by atoms with Crippen LogP contribution in [0.4, 0.5) is 4.39 Å². The van der Waals surface area contributed by atoms with Crippen molar-refractivity contribution >= 4 is 21.8 Å². The van der Waals surface area contributed by atoms with Crippen LogP contribution >= 0.6 is 0 Å².